The van der Waals surface area contributed by atoms with Crippen LogP contribution in [0, 0.1) is 5.92 Å². The molecule has 0 radical (unpaired) electrons. The molecular formula is C18H20O2. The Labute approximate surface area is 120 Å². The first-order chi connectivity index (χ1) is 9.61. The Morgan fingerprint density at radius 3 is 2.35 bits per heavy atom. The summed E-state index contributed by atoms with van der Waals surface area (Å²) in [5, 5.41) is 9.23. The maximum absolute atomic E-state index is 11.2. The molecule has 0 aliphatic rings. The number of hydrogen-bond acceptors (Lipinski definition) is 1. The average molecular weight is 268 g/mol. The van der Waals surface area contributed by atoms with E-state index >= 15 is 0 Å². The lowest BCUT2D eigenvalue weighted by atomic mass is 9.95. The van der Waals surface area contributed by atoms with Gasteiger partial charge >= 0.3 is 5.97 Å². The Bertz CT molecular complexity index is 585. The molecule has 0 saturated heterocycles. The van der Waals surface area contributed by atoms with Gasteiger partial charge in [0, 0.05) is 0 Å². The summed E-state index contributed by atoms with van der Waals surface area (Å²) in [7, 11) is 0. The number of aromatic carboxylic acids is 1. The molecule has 2 heteroatoms. The van der Waals surface area contributed by atoms with E-state index < -0.39 is 5.97 Å². The van der Waals surface area contributed by atoms with Crippen LogP contribution in [0.2, 0.25) is 0 Å². The van der Waals surface area contributed by atoms with Gasteiger partial charge in [0.25, 0.3) is 0 Å². The van der Waals surface area contributed by atoms with Crippen molar-refractivity contribution in [1.29, 1.82) is 0 Å². The smallest absolute Gasteiger partial charge is 0.336 e. The molecule has 0 aliphatic carbocycles. The fourth-order valence-corrected chi connectivity index (χ4v) is 2.29. The van der Waals surface area contributed by atoms with Crippen molar-refractivity contribution >= 4 is 5.97 Å². The van der Waals surface area contributed by atoms with Crippen molar-refractivity contribution in [3.05, 3.63) is 59.7 Å². The highest BCUT2D eigenvalue weighted by Crippen LogP contribution is 2.24. The van der Waals surface area contributed by atoms with Gasteiger partial charge in [-0.05, 0) is 35.1 Å². The lowest BCUT2D eigenvalue weighted by molar-refractivity contribution is 0.0697. The number of hydrogen-bond donors (Lipinski definition) is 1. The number of carboxylic acids is 1. The zero-order valence-corrected chi connectivity index (χ0v) is 12.0. The molecule has 0 aliphatic heterocycles. The normalized spacial score (nSPS) is 12.1. The van der Waals surface area contributed by atoms with Crippen molar-refractivity contribution in [2.75, 3.05) is 0 Å². The van der Waals surface area contributed by atoms with Crippen LogP contribution in [0.5, 0.6) is 0 Å². The molecule has 20 heavy (non-hydrogen) atoms. The summed E-state index contributed by atoms with van der Waals surface area (Å²) in [5.41, 5.74) is 3.38. The van der Waals surface area contributed by atoms with E-state index in [1.807, 2.05) is 24.3 Å². The fraction of sp³-hybridized carbons (Fsp3) is 0.278. The largest absolute Gasteiger partial charge is 0.478 e. The molecule has 104 valence electrons. The Hall–Kier alpha value is -2.09. The Balaban J connectivity index is 2.29. The molecule has 2 rings (SSSR count). The van der Waals surface area contributed by atoms with Crippen molar-refractivity contribution in [2.24, 2.45) is 5.92 Å². The zero-order valence-electron chi connectivity index (χ0n) is 12.0. The van der Waals surface area contributed by atoms with E-state index in [9.17, 15) is 9.90 Å². The summed E-state index contributed by atoms with van der Waals surface area (Å²) >= 11 is 0. The van der Waals surface area contributed by atoms with Gasteiger partial charge in [0.05, 0.1) is 5.56 Å². The Kier molecular flexibility index (Phi) is 4.57. The number of benzene rings is 2. The van der Waals surface area contributed by atoms with Crippen molar-refractivity contribution in [2.45, 2.75) is 26.7 Å². The van der Waals surface area contributed by atoms with Crippen molar-refractivity contribution < 1.29 is 9.90 Å². The van der Waals surface area contributed by atoms with E-state index in [1.165, 1.54) is 12.0 Å². The molecule has 0 spiro atoms. The fourth-order valence-electron chi connectivity index (χ4n) is 2.29. The first-order valence-corrected chi connectivity index (χ1v) is 7.03. The minimum Gasteiger partial charge on any atom is -0.478 e. The van der Waals surface area contributed by atoms with Gasteiger partial charge in [-0.25, -0.2) is 4.79 Å². The van der Waals surface area contributed by atoms with Crippen LogP contribution in [0.4, 0.5) is 0 Å². The highest BCUT2D eigenvalue weighted by atomic mass is 16.4. The van der Waals surface area contributed by atoms with Crippen LogP contribution < -0.4 is 0 Å². The maximum atomic E-state index is 11.2. The summed E-state index contributed by atoms with van der Waals surface area (Å²) in [6.45, 7) is 4.44. The SMILES string of the molecule is CCC(C)Cc1ccc(-c2ccccc2C(=O)O)cc1. The minimum atomic E-state index is -0.885. The third-order valence-electron chi connectivity index (χ3n) is 3.70. The van der Waals surface area contributed by atoms with Crippen molar-refractivity contribution in [3.63, 3.8) is 0 Å². The maximum Gasteiger partial charge on any atom is 0.336 e. The van der Waals surface area contributed by atoms with Gasteiger partial charge < -0.3 is 5.11 Å². The highest BCUT2D eigenvalue weighted by Gasteiger charge is 2.10. The van der Waals surface area contributed by atoms with Crippen LogP contribution >= 0.6 is 0 Å². The molecule has 0 fully saturated rings. The topological polar surface area (TPSA) is 37.3 Å². The first-order valence-electron chi connectivity index (χ1n) is 7.03. The number of carboxylic acid groups (broad SMARTS) is 1. The molecule has 1 unspecified atom stereocenters. The van der Waals surface area contributed by atoms with Gasteiger partial charge in [0.1, 0.15) is 0 Å². The second-order valence-electron chi connectivity index (χ2n) is 5.27. The van der Waals surface area contributed by atoms with Crippen LogP contribution in [0.15, 0.2) is 48.5 Å². The van der Waals surface area contributed by atoms with Crippen LogP contribution in [0.3, 0.4) is 0 Å². The predicted octanol–water partition coefficient (Wildman–Crippen LogP) is 4.64. The number of rotatable bonds is 5. The van der Waals surface area contributed by atoms with E-state index in [1.54, 1.807) is 12.1 Å². The van der Waals surface area contributed by atoms with Gasteiger partial charge in [0.15, 0.2) is 0 Å². The van der Waals surface area contributed by atoms with Crippen molar-refractivity contribution in [1.82, 2.24) is 0 Å². The average Bonchev–Trinajstić information content (AvgIpc) is 2.48. The minimum absolute atomic E-state index is 0.349. The molecule has 0 heterocycles. The molecule has 0 aromatic heterocycles. The van der Waals surface area contributed by atoms with Gasteiger partial charge in [-0.2, -0.15) is 0 Å². The van der Waals surface area contributed by atoms with Gasteiger partial charge in [-0.1, -0.05) is 62.7 Å². The van der Waals surface area contributed by atoms with E-state index in [0.29, 0.717) is 11.5 Å². The van der Waals surface area contributed by atoms with Crippen LogP contribution in [0.25, 0.3) is 11.1 Å². The summed E-state index contributed by atoms with van der Waals surface area (Å²) in [6, 6.07) is 15.3. The van der Waals surface area contributed by atoms with E-state index in [4.69, 9.17) is 0 Å². The molecule has 1 atom stereocenters. The van der Waals surface area contributed by atoms with Crippen LogP contribution in [-0.4, -0.2) is 11.1 Å². The van der Waals surface area contributed by atoms with E-state index in [0.717, 1.165) is 17.5 Å². The van der Waals surface area contributed by atoms with E-state index in [-0.39, 0.29) is 0 Å². The highest BCUT2D eigenvalue weighted by molar-refractivity contribution is 5.95. The summed E-state index contributed by atoms with van der Waals surface area (Å²) in [6.07, 6.45) is 2.24. The zero-order chi connectivity index (χ0) is 14.5. The van der Waals surface area contributed by atoms with Crippen LogP contribution in [-0.2, 0) is 6.42 Å². The second-order valence-corrected chi connectivity index (χ2v) is 5.27. The molecule has 0 amide bonds. The molecule has 0 saturated carbocycles. The monoisotopic (exact) mass is 268 g/mol. The molecule has 2 nitrogen and oxygen atoms in total. The molecule has 2 aromatic carbocycles. The third kappa shape index (κ3) is 3.27. The van der Waals surface area contributed by atoms with Gasteiger partial charge in [0.2, 0.25) is 0 Å². The van der Waals surface area contributed by atoms with Gasteiger partial charge in [-0.15, -0.1) is 0 Å². The van der Waals surface area contributed by atoms with Crippen molar-refractivity contribution in [3.8, 4) is 11.1 Å². The summed E-state index contributed by atoms with van der Waals surface area (Å²) in [5.74, 6) is -0.212. The number of carbonyl (C=O) groups is 1. The Morgan fingerprint density at radius 2 is 1.75 bits per heavy atom. The lowest BCUT2D eigenvalue weighted by Gasteiger charge is -2.10. The quantitative estimate of drug-likeness (QED) is 0.857. The lowest BCUT2D eigenvalue weighted by Crippen LogP contribution is -2.00. The molecule has 2 aromatic rings. The predicted molar refractivity (Wildman–Crippen MR) is 82.0 cm³/mol. The second kappa shape index (κ2) is 6.38. The third-order valence-corrected chi connectivity index (χ3v) is 3.70. The standard InChI is InChI=1S/C18H20O2/c1-3-13(2)12-14-8-10-15(11-9-14)16-6-4-5-7-17(16)18(19)20/h4-11,13H,3,12H2,1-2H3,(H,19,20). The molecule has 0 bridgehead atoms. The van der Waals surface area contributed by atoms with Gasteiger partial charge in [-0.3, -0.25) is 0 Å². The summed E-state index contributed by atoms with van der Waals surface area (Å²) < 4.78 is 0. The summed E-state index contributed by atoms with van der Waals surface area (Å²) in [4.78, 5) is 11.2. The van der Waals surface area contributed by atoms with E-state index in [2.05, 4.69) is 26.0 Å². The Morgan fingerprint density at radius 1 is 1.10 bits per heavy atom. The molecule has 1 N–H and O–H groups in total. The van der Waals surface area contributed by atoms with Crippen LogP contribution in [0.1, 0.15) is 36.2 Å². The first kappa shape index (κ1) is 14.3. The molecular weight excluding hydrogens is 248 g/mol.